The fourth-order valence-electron chi connectivity index (χ4n) is 2.78. The summed E-state index contributed by atoms with van der Waals surface area (Å²) in [6, 6.07) is 14.6. The van der Waals surface area contributed by atoms with Crippen molar-refractivity contribution in [2.45, 2.75) is 12.8 Å². The molecule has 0 radical (unpaired) electrons. The fraction of sp³-hybridized carbons (Fsp3) is 0.222. The highest BCUT2D eigenvalue weighted by molar-refractivity contribution is 6.31. The number of hydrogen-bond donors (Lipinski definition) is 1. The van der Waals surface area contributed by atoms with E-state index in [2.05, 4.69) is 5.32 Å². The number of carbonyl (C=O) groups excluding carboxylic acids is 2. The number of aryl methyl sites for hydroxylation is 1. The second-order valence-corrected chi connectivity index (χ2v) is 5.91. The first-order valence-corrected chi connectivity index (χ1v) is 7.95. The minimum atomic E-state index is -0.300. The smallest absolute Gasteiger partial charge is 0.251 e. The first-order chi connectivity index (χ1) is 11.1. The number of nitrogens with one attached hydrogen (secondary N) is 1. The molecule has 0 fully saturated rings. The minimum absolute atomic E-state index is 0.0281. The van der Waals surface area contributed by atoms with Gasteiger partial charge in [0.1, 0.15) is 0 Å². The van der Waals surface area contributed by atoms with Gasteiger partial charge in [0.15, 0.2) is 0 Å². The van der Waals surface area contributed by atoms with Crippen molar-refractivity contribution in [3.8, 4) is 0 Å². The van der Waals surface area contributed by atoms with Crippen LogP contribution in [0.4, 0.5) is 5.69 Å². The van der Waals surface area contributed by atoms with Gasteiger partial charge in [0.05, 0.1) is 6.54 Å². The summed E-state index contributed by atoms with van der Waals surface area (Å²) >= 11 is 5.87. The number of benzene rings is 2. The molecule has 1 aliphatic heterocycles. The number of nitrogens with zero attached hydrogens (tertiary/aromatic N) is 1. The summed E-state index contributed by atoms with van der Waals surface area (Å²) in [7, 11) is 0. The van der Waals surface area contributed by atoms with Crippen LogP contribution < -0.4 is 10.2 Å². The van der Waals surface area contributed by atoms with Gasteiger partial charge in [-0.3, -0.25) is 9.59 Å². The van der Waals surface area contributed by atoms with E-state index in [4.69, 9.17) is 11.6 Å². The van der Waals surface area contributed by atoms with Gasteiger partial charge in [0.25, 0.3) is 5.91 Å². The van der Waals surface area contributed by atoms with Crippen LogP contribution in [0.3, 0.4) is 0 Å². The highest BCUT2D eigenvalue weighted by Crippen LogP contribution is 2.26. The molecule has 1 aliphatic rings. The highest BCUT2D eigenvalue weighted by Gasteiger charge is 2.22. The SMILES string of the molecule is O=C(NCC(=O)N1CCCc2ccccc21)c1cccc(Cl)c1. The Kier molecular flexibility index (Phi) is 4.63. The van der Waals surface area contributed by atoms with Crippen LogP contribution in [-0.4, -0.2) is 24.9 Å². The zero-order valence-corrected chi connectivity index (χ0v) is 13.3. The molecular weight excluding hydrogens is 312 g/mol. The Morgan fingerprint density at radius 2 is 1.96 bits per heavy atom. The van der Waals surface area contributed by atoms with Crippen LogP contribution in [0.15, 0.2) is 48.5 Å². The van der Waals surface area contributed by atoms with Crippen LogP contribution in [0.1, 0.15) is 22.3 Å². The maximum atomic E-state index is 12.4. The van der Waals surface area contributed by atoms with Gasteiger partial charge in [-0.15, -0.1) is 0 Å². The lowest BCUT2D eigenvalue weighted by atomic mass is 10.0. The predicted octanol–water partition coefficient (Wildman–Crippen LogP) is 3.05. The summed E-state index contributed by atoms with van der Waals surface area (Å²) < 4.78 is 0. The maximum Gasteiger partial charge on any atom is 0.251 e. The Morgan fingerprint density at radius 3 is 2.78 bits per heavy atom. The van der Waals surface area contributed by atoms with Crippen molar-refractivity contribution in [1.82, 2.24) is 5.32 Å². The molecule has 0 saturated heterocycles. The van der Waals surface area contributed by atoms with Gasteiger partial charge in [-0.1, -0.05) is 35.9 Å². The average molecular weight is 329 g/mol. The van der Waals surface area contributed by atoms with Crippen molar-refractivity contribution in [3.05, 3.63) is 64.7 Å². The molecule has 3 rings (SSSR count). The Bertz CT molecular complexity index is 745. The van der Waals surface area contributed by atoms with E-state index < -0.39 is 0 Å². The summed E-state index contributed by atoms with van der Waals surface area (Å²) in [6.07, 6.45) is 1.92. The molecule has 0 bridgehead atoms. The number of anilines is 1. The van der Waals surface area contributed by atoms with Gasteiger partial charge < -0.3 is 10.2 Å². The van der Waals surface area contributed by atoms with Crippen LogP contribution in [0.5, 0.6) is 0 Å². The fourth-order valence-corrected chi connectivity index (χ4v) is 2.97. The monoisotopic (exact) mass is 328 g/mol. The Morgan fingerprint density at radius 1 is 1.13 bits per heavy atom. The van der Waals surface area contributed by atoms with Crippen molar-refractivity contribution in [1.29, 1.82) is 0 Å². The lowest BCUT2D eigenvalue weighted by Crippen LogP contribution is -2.42. The van der Waals surface area contributed by atoms with E-state index in [1.807, 2.05) is 24.3 Å². The summed E-state index contributed by atoms with van der Waals surface area (Å²) in [5, 5.41) is 3.16. The van der Waals surface area contributed by atoms with Gasteiger partial charge in [-0.25, -0.2) is 0 Å². The second kappa shape index (κ2) is 6.84. The van der Waals surface area contributed by atoms with Crippen molar-refractivity contribution in [3.63, 3.8) is 0 Å². The summed E-state index contributed by atoms with van der Waals surface area (Å²) in [5.74, 6) is -0.404. The van der Waals surface area contributed by atoms with E-state index >= 15 is 0 Å². The van der Waals surface area contributed by atoms with E-state index in [-0.39, 0.29) is 18.4 Å². The standard InChI is InChI=1S/C18H17ClN2O2/c19-15-8-3-6-14(11-15)18(23)20-12-17(22)21-10-4-7-13-5-1-2-9-16(13)21/h1-3,5-6,8-9,11H,4,7,10,12H2,(H,20,23). The molecule has 2 amide bonds. The number of carbonyl (C=O) groups is 2. The molecule has 4 nitrogen and oxygen atoms in total. The van der Waals surface area contributed by atoms with E-state index in [0.29, 0.717) is 17.1 Å². The van der Waals surface area contributed by atoms with E-state index in [1.165, 1.54) is 5.56 Å². The lowest BCUT2D eigenvalue weighted by molar-refractivity contribution is -0.117. The van der Waals surface area contributed by atoms with E-state index in [0.717, 1.165) is 18.5 Å². The summed E-state index contributed by atoms with van der Waals surface area (Å²) in [4.78, 5) is 26.3. The van der Waals surface area contributed by atoms with Gasteiger partial charge in [-0.2, -0.15) is 0 Å². The van der Waals surface area contributed by atoms with Crippen molar-refractivity contribution < 1.29 is 9.59 Å². The van der Waals surface area contributed by atoms with Crippen LogP contribution in [0.25, 0.3) is 0 Å². The largest absolute Gasteiger partial charge is 0.343 e. The molecule has 5 heteroatoms. The van der Waals surface area contributed by atoms with Crippen LogP contribution >= 0.6 is 11.6 Å². The third-order valence-electron chi connectivity index (χ3n) is 3.90. The van der Waals surface area contributed by atoms with E-state index in [9.17, 15) is 9.59 Å². The first-order valence-electron chi connectivity index (χ1n) is 7.57. The molecule has 0 aliphatic carbocycles. The maximum absolute atomic E-state index is 12.4. The summed E-state index contributed by atoms with van der Waals surface area (Å²) in [6.45, 7) is 0.655. The van der Waals surface area contributed by atoms with Crippen LogP contribution in [0.2, 0.25) is 5.02 Å². The molecule has 0 unspecified atom stereocenters. The summed E-state index contributed by atoms with van der Waals surface area (Å²) in [5.41, 5.74) is 2.57. The third-order valence-corrected chi connectivity index (χ3v) is 4.13. The number of amides is 2. The van der Waals surface area contributed by atoms with Gasteiger partial charge >= 0.3 is 0 Å². The topological polar surface area (TPSA) is 49.4 Å². The first kappa shape index (κ1) is 15.6. The highest BCUT2D eigenvalue weighted by atomic mass is 35.5. The number of halogens is 1. The third kappa shape index (κ3) is 3.54. The van der Waals surface area contributed by atoms with Gasteiger partial charge in [0.2, 0.25) is 5.91 Å². The molecule has 0 aromatic heterocycles. The minimum Gasteiger partial charge on any atom is -0.343 e. The number of rotatable bonds is 3. The Labute approximate surface area is 140 Å². The van der Waals surface area contributed by atoms with Crippen molar-refractivity contribution in [2.24, 2.45) is 0 Å². The Balaban J connectivity index is 1.65. The normalized spacial score (nSPS) is 13.3. The molecule has 0 saturated carbocycles. The molecule has 118 valence electrons. The Hall–Kier alpha value is -2.33. The molecule has 23 heavy (non-hydrogen) atoms. The van der Waals surface area contributed by atoms with E-state index in [1.54, 1.807) is 29.2 Å². The quantitative estimate of drug-likeness (QED) is 0.941. The lowest BCUT2D eigenvalue weighted by Gasteiger charge is -2.29. The molecule has 0 atom stereocenters. The average Bonchev–Trinajstić information content (AvgIpc) is 2.59. The molecule has 1 N–H and O–H groups in total. The van der Waals surface area contributed by atoms with Crippen LogP contribution in [0, 0.1) is 0 Å². The zero-order valence-electron chi connectivity index (χ0n) is 12.6. The van der Waals surface area contributed by atoms with Crippen molar-refractivity contribution in [2.75, 3.05) is 18.0 Å². The van der Waals surface area contributed by atoms with Crippen LogP contribution in [-0.2, 0) is 11.2 Å². The molecule has 2 aromatic carbocycles. The van der Waals surface area contributed by atoms with Gasteiger partial charge in [0, 0.05) is 22.8 Å². The molecular formula is C18H17ClN2O2. The number of fused-ring (bicyclic) bond motifs is 1. The number of hydrogen-bond acceptors (Lipinski definition) is 2. The molecule has 0 spiro atoms. The zero-order chi connectivity index (χ0) is 16.2. The number of para-hydroxylation sites is 1. The molecule has 2 aromatic rings. The van der Waals surface area contributed by atoms with Crippen molar-refractivity contribution >= 4 is 29.1 Å². The molecule has 1 heterocycles. The van der Waals surface area contributed by atoms with Gasteiger partial charge in [-0.05, 0) is 42.7 Å². The second-order valence-electron chi connectivity index (χ2n) is 5.47. The predicted molar refractivity (Wildman–Crippen MR) is 90.9 cm³/mol.